The van der Waals surface area contributed by atoms with Gasteiger partial charge in [0.15, 0.2) is 5.16 Å². The van der Waals surface area contributed by atoms with E-state index in [1.54, 1.807) is 12.1 Å². The molecule has 0 saturated carbocycles. The number of phenolic OH excluding ortho intramolecular Hbond substituents is 1. The molecule has 152 valence electrons. The lowest BCUT2D eigenvalue weighted by Crippen LogP contribution is -2.01. The van der Waals surface area contributed by atoms with Gasteiger partial charge >= 0.3 is 5.63 Å². The minimum atomic E-state index is -0.459. The summed E-state index contributed by atoms with van der Waals surface area (Å²) in [5.74, 6) is 1.26. The molecule has 7 heteroatoms. The molecule has 0 aliphatic rings. The van der Waals surface area contributed by atoms with E-state index in [9.17, 15) is 9.90 Å². The summed E-state index contributed by atoms with van der Waals surface area (Å²) < 4.78 is 5.21. The molecule has 0 amide bonds. The van der Waals surface area contributed by atoms with Crippen LogP contribution in [-0.4, -0.2) is 15.1 Å². The third-order valence-electron chi connectivity index (χ3n) is 4.79. The highest BCUT2D eigenvalue weighted by molar-refractivity contribution is 7.98. The first-order valence-corrected chi connectivity index (χ1v) is 10.6. The van der Waals surface area contributed by atoms with Gasteiger partial charge in [0.1, 0.15) is 17.2 Å². The van der Waals surface area contributed by atoms with Gasteiger partial charge in [-0.1, -0.05) is 42.1 Å². The van der Waals surface area contributed by atoms with Gasteiger partial charge in [-0.05, 0) is 42.0 Å². The molecule has 0 aliphatic heterocycles. The van der Waals surface area contributed by atoms with Crippen molar-refractivity contribution >= 4 is 45.1 Å². The van der Waals surface area contributed by atoms with E-state index in [2.05, 4.69) is 10.3 Å². The zero-order valence-corrected chi connectivity index (χ0v) is 17.1. The van der Waals surface area contributed by atoms with Crippen LogP contribution in [0.1, 0.15) is 5.56 Å². The molecule has 0 atom stereocenters. The van der Waals surface area contributed by atoms with Crippen molar-refractivity contribution in [3.05, 3.63) is 94.8 Å². The van der Waals surface area contributed by atoms with Gasteiger partial charge < -0.3 is 14.8 Å². The first-order valence-electron chi connectivity index (χ1n) is 9.63. The third kappa shape index (κ3) is 4.08. The van der Waals surface area contributed by atoms with Crippen LogP contribution in [-0.2, 0) is 5.75 Å². The van der Waals surface area contributed by atoms with Crippen molar-refractivity contribution in [3.63, 3.8) is 0 Å². The van der Waals surface area contributed by atoms with Crippen molar-refractivity contribution < 1.29 is 9.52 Å². The maximum absolute atomic E-state index is 12.0. The minimum absolute atomic E-state index is 0.0509. The van der Waals surface area contributed by atoms with Gasteiger partial charge in [0.25, 0.3) is 0 Å². The molecule has 5 rings (SSSR count). The second-order valence-electron chi connectivity index (χ2n) is 6.92. The Morgan fingerprint density at radius 1 is 0.903 bits per heavy atom. The Morgan fingerprint density at radius 3 is 2.58 bits per heavy atom. The van der Waals surface area contributed by atoms with Crippen molar-refractivity contribution in [2.45, 2.75) is 10.9 Å². The first kappa shape index (κ1) is 19.1. The quantitative estimate of drug-likeness (QED) is 0.218. The number of nitrogens with zero attached hydrogens (tertiary/aromatic N) is 2. The summed E-state index contributed by atoms with van der Waals surface area (Å²) in [6.07, 6.45) is 0. The molecule has 3 aromatic carbocycles. The molecular weight excluding hydrogens is 410 g/mol. The molecule has 2 N–H and O–H groups in total. The molecule has 0 fully saturated rings. The van der Waals surface area contributed by atoms with Crippen LogP contribution in [0.4, 0.5) is 11.5 Å². The van der Waals surface area contributed by atoms with Crippen LogP contribution in [0.2, 0.25) is 0 Å². The molecule has 0 unspecified atom stereocenters. The van der Waals surface area contributed by atoms with E-state index in [-0.39, 0.29) is 5.75 Å². The van der Waals surface area contributed by atoms with Crippen LogP contribution >= 0.6 is 11.8 Å². The second-order valence-corrected chi connectivity index (χ2v) is 7.87. The van der Waals surface area contributed by atoms with E-state index in [1.807, 2.05) is 54.6 Å². The van der Waals surface area contributed by atoms with Crippen molar-refractivity contribution in [1.82, 2.24) is 9.97 Å². The molecule has 2 aromatic heterocycles. The summed E-state index contributed by atoms with van der Waals surface area (Å²) in [4.78, 5) is 21.4. The summed E-state index contributed by atoms with van der Waals surface area (Å²) in [6, 6.07) is 23.9. The van der Waals surface area contributed by atoms with E-state index in [0.29, 0.717) is 16.5 Å². The Balaban J connectivity index is 1.50. The predicted molar refractivity (Wildman–Crippen MR) is 123 cm³/mol. The van der Waals surface area contributed by atoms with Crippen molar-refractivity contribution in [3.8, 4) is 5.75 Å². The second kappa shape index (κ2) is 8.12. The van der Waals surface area contributed by atoms with E-state index >= 15 is 0 Å². The highest BCUT2D eigenvalue weighted by Gasteiger charge is 2.11. The Labute approximate surface area is 181 Å². The van der Waals surface area contributed by atoms with Crippen molar-refractivity contribution in [1.29, 1.82) is 0 Å². The third-order valence-corrected chi connectivity index (χ3v) is 5.69. The van der Waals surface area contributed by atoms with E-state index in [4.69, 9.17) is 9.40 Å². The molecule has 5 aromatic rings. The number of benzene rings is 3. The Kier molecular flexibility index (Phi) is 5.01. The van der Waals surface area contributed by atoms with Gasteiger partial charge in [0, 0.05) is 34.3 Å². The molecule has 0 radical (unpaired) electrons. The lowest BCUT2D eigenvalue weighted by Gasteiger charge is -2.11. The Morgan fingerprint density at radius 2 is 1.71 bits per heavy atom. The zero-order valence-electron chi connectivity index (χ0n) is 16.3. The monoisotopic (exact) mass is 427 g/mol. The van der Waals surface area contributed by atoms with Gasteiger partial charge in [-0.3, -0.25) is 0 Å². The van der Waals surface area contributed by atoms with E-state index in [0.717, 1.165) is 33.4 Å². The summed E-state index contributed by atoms with van der Waals surface area (Å²) in [6.45, 7) is 0. The van der Waals surface area contributed by atoms with Gasteiger partial charge in [-0.25, -0.2) is 14.8 Å². The zero-order chi connectivity index (χ0) is 21.2. The average Bonchev–Trinajstić information content (AvgIpc) is 2.78. The number of nitrogens with one attached hydrogen (secondary N) is 1. The first-order chi connectivity index (χ1) is 15.2. The van der Waals surface area contributed by atoms with Crippen LogP contribution in [0, 0.1) is 0 Å². The van der Waals surface area contributed by atoms with E-state index < -0.39 is 5.63 Å². The van der Waals surface area contributed by atoms with Crippen molar-refractivity contribution in [2.75, 3.05) is 5.32 Å². The van der Waals surface area contributed by atoms with Crippen LogP contribution in [0.25, 0.3) is 21.9 Å². The number of thioether (sulfide) groups is 1. The predicted octanol–water partition coefficient (Wildman–Crippen LogP) is 5.48. The fourth-order valence-electron chi connectivity index (χ4n) is 3.35. The molecular formula is C24H17N3O3S. The normalized spacial score (nSPS) is 11.1. The van der Waals surface area contributed by atoms with Gasteiger partial charge in [-0.2, -0.15) is 0 Å². The lowest BCUT2D eigenvalue weighted by molar-refractivity contribution is 0.473. The van der Waals surface area contributed by atoms with Gasteiger partial charge in [-0.15, -0.1) is 0 Å². The van der Waals surface area contributed by atoms with Crippen LogP contribution in [0.3, 0.4) is 0 Å². The lowest BCUT2D eigenvalue weighted by atomic mass is 10.1. The molecule has 6 nitrogen and oxygen atoms in total. The molecule has 31 heavy (non-hydrogen) atoms. The molecule has 0 saturated heterocycles. The number of aromatic nitrogens is 2. The van der Waals surface area contributed by atoms with Crippen molar-refractivity contribution in [2.24, 2.45) is 0 Å². The molecule has 0 bridgehead atoms. The van der Waals surface area contributed by atoms with Crippen LogP contribution in [0.15, 0.2) is 93.2 Å². The largest absolute Gasteiger partial charge is 0.508 e. The molecule has 0 spiro atoms. The fraction of sp³-hybridized carbons (Fsp3) is 0.0417. The van der Waals surface area contributed by atoms with E-state index in [1.165, 1.54) is 23.9 Å². The number of aromatic hydroxyl groups is 1. The number of rotatable bonds is 5. The van der Waals surface area contributed by atoms with Crippen LogP contribution < -0.4 is 10.9 Å². The summed E-state index contributed by atoms with van der Waals surface area (Å²) in [5.41, 5.74) is 2.47. The highest BCUT2D eigenvalue weighted by Crippen LogP contribution is 2.30. The molecule has 2 heterocycles. The van der Waals surface area contributed by atoms with Gasteiger partial charge in [0.05, 0.1) is 5.52 Å². The average molecular weight is 427 g/mol. The number of phenols is 1. The number of para-hydroxylation sites is 2. The maximum Gasteiger partial charge on any atom is 0.336 e. The fourth-order valence-corrected chi connectivity index (χ4v) is 4.20. The number of hydrogen-bond donors (Lipinski definition) is 2. The Hall–Kier alpha value is -3.84. The SMILES string of the molecule is O=c1cc(CSc2nc(Nc3ccccc3)c3ccccc3n2)c2ccc(O)cc2o1. The molecule has 0 aliphatic carbocycles. The minimum Gasteiger partial charge on any atom is -0.508 e. The van der Waals surface area contributed by atoms with Crippen LogP contribution in [0.5, 0.6) is 5.75 Å². The number of anilines is 2. The topological polar surface area (TPSA) is 88.2 Å². The smallest absolute Gasteiger partial charge is 0.336 e. The number of hydrogen-bond acceptors (Lipinski definition) is 7. The summed E-state index contributed by atoms with van der Waals surface area (Å²) in [5, 5.41) is 15.3. The van der Waals surface area contributed by atoms with Gasteiger partial charge in [0.2, 0.25) is 0 Å². The highest BCUT2D eigenvalue weighted by atomic mass is 32.2. The standard InChI is InChI=1S/C24H17N3O3S/c28-17-10-11-18-15(12-22(29)30-21(18)13-17)14-31-24-26-20-9-5-4-8-19(20)23(27-24)25-16-6-2-1-3-7-16/h1-13,28H,14H2,(H,25,26,27). The summed E-state index contributed by atoms with van der Waals surface area (Å²) >= 11 is 1.44. The number of fused-ring (bicyclic) bond motifs is 2. The summed E-state index contributed by atoms with van der Waals surface area (Å²) in [7, 11) is 0. The maximum atomic E-state index is 12.0. The Bertz CT molecular complexity index is 1450.